The van der Waals surface area contributed by atoms with Crippen molar-refractivity contribution in [3.05, 3.63) is 77.2 Å². The van der Waals surface area contributed by atoms with Crippen LogP contribution in [0, 0.1) is 0 Å². The molecule has 0 saturated carbocycles. The van der Waals surface area contributed by atoms with E-state index in [-0.39, 0.29) is 12.3 Å². The molecule has 0 spiro atoms. The lowest BCUT2D eigenvalue weighted by Gasteiger charge is -2.09. The minimum Gasteiger partial charge on any atom is -0.465 e. The van der Waals surface area contributed by atoms with Gasteiger partial charge in [-0.15, -0.1) is 11.3 Å². The summed E-state index contributed by atoms with van der Waals surface area (Å²) in [5.41, 5.74) is 1.47. The molecular formula is C22H17NO3S. The molecule has 1 amide bonds. The molecule has 4 aromatic rings. The van der Waals surface area contributed by atoms with Gasteiger partial charge in [0.05, 0.1) is 19.2 Å². The largest absolute Gasteiger partial charge is 0.465 e. The normalized spacial score (nSPS) is 10.9. The first-order chi connectivity index (χ1) is 13.2. The second-order valence-electron chi connectivity index (χ2n) is 6.16. The first kappa shape index (κ1) is 17.2. The summed E-state index contributed by atoms with van der Waals surface area (Å²) in [7, 11) is 1.34. The van der Waals surface area contributed by atoms with Crippen molar-refractivity contribution >= 4 is 49.8 Å². The van der Waals surface area contributed by atoms with Crippen LogP contribution in [0.1, 0.15) is 15.2 Å². The molecule has 27 heavy (non-hydrogen) atoms. The second-order valence-corrected chi connectivity index (χ2v) is 7.21. The molecule has 1 heterocycles. The first-order valence-corrected chi connectivity index (χ1v) is 9.35. The topological polar surface area (TPSA) is 55.4 Å². The number of benzene rings is 3. The quantitative estimate of drug-likeness (QED) is 0.510. The van der Waals surface area contributed by atoms with E-state index in [9.17, 15) is 9.59 Å². The maximum absolute atomic E-state index is 12.8. The molecule has 0 radical (unpaired) electrons. The number of anilines is 1. The highest BCUT2D eigenvalue weighted by molar-refractivity contribution is 7.21. The zero-order valence-electron chi connectivity index (χ0n) is 14.7. The van der Waals surface area contributed by atoms with E-state index in [1.54, 1.807) is 0 Å². The van der Waals surface area contributed by atoms with Crippen LogP contribution in [0.2, 0.25) is 0 Å². The van der Waals surface area contributed by atoms with Crippen LogP contribution < -0.4 is 5.32 Å². The Kier molecular flexibility index (Phi) is 4.60. The van der Waals surface area contributed by atoms with E-state index in [0.717, 1.165) is 26.4 Å². The highest BCUT2D eigenvalue weighted by atomic mass is 32.1. The fourth-order valence-electron chi connectivity index (χ4n) is 3.21. The van der Waals surface area contributed by atoms with Crippen LogP contribution in [0.5, 0.6) is 0 Å². The predicted octanol–water partition coefficient (Wildman–Crippen LogP) is 5.02. The zero-order chi connectivity index (χ0) is 18.8. The molecule has 4 nitrogen and oxygen atoms in total. The number of methoxy groups -OCH3 is 1. The Morgan fingerprint density at radius 1 is 0.926 bits per heavy atom. The van der Waals surface area contributed by atoms with Gasteiger partial charge >= 0.3 is 5.97 Å². The molecule has 0 aliphatic heterocycles. The number of hydrogen-bond donors (Lipinski definition) is 1. The van der Waals surface area contributed by atoms with Crippen LogP contribution in [-0.4, -0.2) is 19.0 Å². The smallest absolute Gasteiger partial charge is 0.350 e. The van der Waals surface area contributed by atoms with Gasteiger partial charge in [-0.3, -0.25) is 4.79 Å². The lowest BCUT2D eigenvalue weighted by Crippen LogP contribution is -2.16. The molecule has 0 atom stereocenters. The molecule has 134 valence electrons. The number of carbonyl (C=O) groups excluding carboxylic acids is 2. The van der Waals surface area contributed by atoms with Crippen LogP contribution in [0.4, 0.5) is 5.69 Å². The molecule has 1 N–H and O–H groups in total. The molecular weight excluding hydrogens is 358 g/mol. The average Bonchev–Trinajstić information content (AvgIpc) is 3.06. The van der Waals surface area contributed by atoms with Gasteiger partial charge in [-0.2, -0.15) is 0 Å². The monoisotopic (exact) mass is 375 g/mol. The van der Waals surface area contributed by atoms with Gasteiger partial charge < -0.3 is 10.1 Å². The van der Waals surface area contributed by atoms with Crippen LogP contribution in [0.25, 0.3) is 20.9 Å². The first-order valence-electron chi connectivity index (χ1n) is 8.53. The van der Waals surface area contributed by atoms with Crippen molar-refractivity contribution in [3.8, 4) is 0 Å². The summed E-state index contributed by atoms with van der Waals surface area (Å²) in [5, 5.41) is 5.92. The third-order valence-electron chi connectivity index (χ3n) is 4.46. The number of carbonyl (C=O) groups is 2. The predicted molar refractivity (Wildman–Crippen MR) is 109 cm³/mol. The van der Waals surface area contributed by atoms with E-state index in [2.05, 4.69) is 5.32 Å². The Bertz CT molecular complexity index is 1160. The second kappa shape index (κ2) is 7.21. The van der Waals surface area contributed by atoms with Crippen molar-refractivity contribution in [1.29, 1.82) is 0 Å². The van der Waals surface area contributed by atoms with Gasteiger partial charge in [0.15, 0.2) is 0 Å². The standard InChI is InChI=1S/C22H17NO3S/c1-26-22(25)21-20(17-11-4-5-12-18(17)27-21)23-19(24)13-15-9-6-8-14-7-2-3-10-16(14)15/h2-12H,13H2,1H3,(H,23,24). The Morgan fingerprint density at radius 2 is 1.63 bits per heavy atom. The summed E-state index contributed by atoms with van der Waals surface area (Å²) in [6.45, 7) is 0. The molecule has 4 rings (SSSR count). The SMILES string of the molecule is COC(=O)c1sc2ccccc2c1NC(=O)Cc1cccc2ccccc12. The van der Waals surface area contributed by atoms with Crippen LogP contribution in [-0.2, 0) is 16.0 Å². The number of nitrogens with one attached hydrogen (secondary N) is 1. The Balaban J connectivity index is 1.67. The fourth-order valence-corrected chi connectivity index (χ4v) is 4.29. The van der Waals surface area contributed by atoms with Gasteiger partial charge in [0.1, 0.15) is 4.88 Å². The van der Waals surface area contributed by atoms with Gasteiger partial charge in [-0.05, 0) is 22.4 Å². The van der Waals surface area contributed by atoms with E-state index < -0.39 is 5.97 Å². The summed E-state index contributed by atoms with van der Waals surface area (Å²) >= 11 is 1.32. The van der Waals surface area contributed by atoms with Crippen molar-refractivity contribution in [2.45, 2.75) is 6.42 Å². The van der Waals surface area contributed by atoms with E-state index >= 15 is 0 Å². The number of ether oxygens (including phenoxy) is 1. The van der Waals surface area contributed by atoms with Crippen molar-refractivity contribution < 1.29 is 14.3 Å². The van der Waals surface area contributed by atoms with E-state index in [1.807, 2.05) is 66.7 Å². The molecule has 0 bridgehead atoms. The summed E-state index contributed by atoms with van der Waals surface area (Å²) in [6.07, 6.45) is 0.228. The Morgan fingerprint density at radius 3 is 2.44 bits per heavy atom. The molecule has 0 aliphatic carbocycles. The fraction of sp³-hybridized carbons (Fsp3) is 0.0909. The van der Waals surface area contributed by atoms with Crippen molar-refractivity contribution in [1.82, 2.24) is 0 Å². The average molecular weight is 375 g/mol. The molecule has 5 heteroatoms. The maximum Gasteiger partial charge on any atom is 0.350 e. The lowest BCUT2D eigenvalue weighted by atomic mass is 10.0. The molecule has 1 aromatic heterocycles. The highest BCUT2D eigenvalue weighted by Gasteiger charge is 2.20. The third kappa shape index (κ3) is 3.29. The molecule has 0 fully saturated rings. The number of esters is 1. The molecule has 0 saturated heterocycles. The van der Waals surface area contributed by atoms with Crippen molar-refractivity contribution in [3.63, 3.8) is 0 Å². The van der Waals surface area contributed by atoms with Gasteiger partial charge in [-0.1, -0.05) is 60.7 Å². The molecule has 0 unspecified atom stereocenters. The zero-order valence-corrected chi connectivity index (χ0v) is 15.5. The highest BCUT2D eigenvalue weighted by Crippen LogP contribution is 2.36. The summed E-state index contributed by atoms with van der Waals surface area (Å²) in [5.74, 6) is -0.614. The Labute approximate surface area is 160 Å². The number of hydrogen-bond acceptors (Lipinski definition) is 4. The van der Waals surface area contributed by atoms with Crippen LogP contribution >= 0.6 is 11.3 Å². The lowest BCUT2D eigenvalue weighted by molar-refractivity contribution is -0.115. The van der Waals surface area contributed by atoms with Crippen LogP contribution in [0.3, 0.4) is 0 Å². The Hall–Kier alpha value is -3.18. The number of thiophene rings is 1. The number of amides is 1. The van der Waals surface area contributed by atoms with Gasteiger partial charge in [-0.25, -0.2) is 4.79 Å². The summed E-state index contributed by atoms with van der Waals surface area (Å²) < 4.78 is 5.81. The minimum atomic E-state index is -0.448. The third-order valence-corrected chi connectivity index (χ3v) is 5.61. The van der Waals surface area contributed by atoms with Crippen molar-refractivity contribution in [2.24, 2.45) is 0 Å². The van der Waals surface area contributed by atoms with Crippen LogP contribution in [0.15, 0.2) is 66.7 Å². The maximum atomic E-state index is 12.8. The summed E-state index contributed by atoms with van der Waals surface area (Å²) in [6, 6.07) is 21.5. The van der Waals surface area contributed by atoms with Gasteiger partial charge in [0, 0.05) is 10.1 Å². The summed E-state index contributed by atoms with van der Waals surface area (Å²) in [4.78, 5) is 25.3. The minimum absolute atomic E-state index is 0.167. The van der Waals surface area contributed by atoms with E-state index in [0.29, 0.717) is 10.6 Å². The number of rotatable bonds is 4. The molecule has 3 aromatic carbocycles. The molecule has 0 aliphatic rings. The van der Waals surface area contributed by atoms with Crippen molar-refractivity contribution in [2.75, 3.05) is 12.4 Å². The van der Waals surface area contributed by atoms with E-state index in [1.165, 1.54) is 18.4 Å². The number of fused-ring (bicyclic) bond motifs is 2. The van der Waals surface area contributed by atoms with Gasteiger partial charge in [0.2, 0.25) is 5.91 Å². The van der Waals surface area contributed by atoms with Gasteiger partial charge in [0.25, 0.3) is 0 Å². The van der Waals surface area contributed by atoms with E-state index in [4.69, 9.17) is 4.74 Å².